The maximum Gasteiger partial charge on any atom is 0.254 e. The van der Waals surface area contributed by atoms with Crippen LogP contribution in [0.2, 0.25) is 0 Å². The highest BCUT2D eigenvalue weighted by molar-refractivity contribution is 6.09. The minimum atomic E-state index is -0.760. The number of nitrogens with zero attached hydrogens (tertiary/aromatic N) is 2. The Kier molecular flexibility index (Phi) is 4.28. The number of nitrogens with one attached hydrogen (secondary N) is 3. The lowest BCUT2D eigenvalue weighted by Gasteiger charge is -2.14. The number of aromatic nitrogens is 2. The minimum absolute atomic E-state index is 0.101. The molecule has 124 valence electrons. The fourth-order valence-electron chi connectivity index (χ4n) is 2.50. The van der Waals surface area contributed by atoms with Gasteiger partial charge in [0, 0.05) is 19.7 Å². The molecule has 24 heavy (non-hydrogen) atoms. The van der Waals surface area contributed by atoms with E-state index in [1.165, 1.54) is 6.20 Å². The van der Waals surface area contributed by atoms with E-state index in [4.69, 9.17) is 0 Å². The van der Waals surface area contributed by atoms with E-state index in [-0.39, 0.29) is 30.6 Å². The molecule has 1 atom stereocenters. The number of hydrogen-bond acceptors (Lipinski definition) is 4. The Labute approximate surface area is 138 Å². The molecule has 3 N–H and O–H groups in total. The van der Waals surface area contributed by atoms with Crippen LogP contribution in [0.25, 0.3) is 0 Å². The van der Waals surface area contributed by atoms with Crippen LogP contribution in [-0.4, -0.2) is 33.5 Å². The Morgan fingerprint density at radius 3 is 2.88 bits per heavy atom. The molecule has 8 nitrogen and oxygen atoms in total. The lowest BCUT2D eigenvalue weighted by Crippen LogP contribution is -2.41. The van der Waals surface area contributed by atoms with Crippen molar-refractivity contribution >= 4 is 29.1 Å². The van der Waals surface area contributed by atoms with Gasteiger partial charge in [-0.1, -0.05) is 12.1 Å². The molecule has 0 saturated carbocycles. The quantitative estimate of drug-likeness (QED) is 0.775. The van der Waals surface area contributed by atoms with Gasteiger partial charge in [0.25, 0.3) is 5.91 Å². The molecule has 1 aromatic heterocycles. The zero-order valence-corrected chi connectivity index (χ0v) is 13.1. The molecule has 0 saturated heterocycles. The predicted octanol–water partition coefficient (Wildman–Crippen LogP) is 0.889. The largest absolute Gasteiger partial charge is 0.340 e. The van der Waals surface area contributed by atoms with Gasteiger partial charge in [-0.3, -0.25) is 19.1 Å². The van der Waals surface area contributed by atoms with E-state index in [9.17, 15) is 14.4 Å². The maximum absolute atomic E-state index is 12.2. The number of para-hydroxylation sites is 1. The van der Waals surface area contributed by atoms with Gasteiger partial charge in [0.2, 0.25) is 11.8 Å². The van der Waals surface area contributed by atoms with Gasteiger partial charge in [0.15, 0.2) is 0 Å². The molecule has 2 aromatic rings. The summed E-state index contributed by atoms with van der Waals surface area (Å²) in [6.07, 6.45) is 3.52. The third kappa shape index (κ3) is 3.43. The summed E-state index contributed by atoms with van der Waals surface area (Å²) >= 11 is 0. The molecule has 0 bridgehead atoms. The van der Waals surface area contributed by atoms with Crippen molar-refractivity contribution in [1.82, 2.24) is 15.1 Å². The lowest BCUT2D eigenvalue weighted by molar-refractivity contribution is -0.118. The second kappa shape index (κ2) is 6.53. The first kappa shape index (κ1) is 15.7. The highest BCUT2D eigenvalue weighted by Gasteiger charge is 2.27. The van der Waals surface area contributed by atoms with Gasteiger partial charge in [-0.05, 0) is 18.6 Å². The third-order valence-electron chi connectivity index (χ3n) is 3.70. The smallest absolute Gasteiger partial charge is 0.254 e. The first-order valence-electron chi connectivity index (χ1n) is 7.52. The maximum atomic E-state index is 12.2. The molecule has 3 amide bonds. The molecule has 1 aromatic carbocycles. The summed E-state index contributed by atoms with van der Waals surface area (Å²) in [5.41, 5.74) is 1.47. The molecule has 1 aliphatic heterocycles. The zero-order chi connectivity index (χ0) is 17.1. The summed E-state index contributed by atoms with van der Waals surface area (Å²) in [6, 6.07) is 6.03. The van der Waals surface area contributed by atoms with E-state index in [1.54, 1.807) is 42.2 Å². The third-order valence-corrected chi connectivity index (χ3v) is 3.70. The van der Waals surface area contributed by atoms with Gasteiger partial charge in [0.05, 0.1) is 23.1 Å². The summed E-state index contributed by atoms with van der Waals surface area (Å²) in [5, 5.41) is 12.0. The molecular formula is C16H17N5O3. The van der Waals surface area contributed by atoms with Crippen LogP contribution >= 0.6 is 0 Å². The molecule has 3 rings (SSSR count). The number of anilines is 2. The van der Waals surface area contributed by atoms with E-state index >= 15 is 0 Å². The van der Waals surface area contributed by atoms with Gasteiger partial charge in [-0.15, -0.1) is 0 Å². The van der Waals surface area contributed by atoms with Gasteiger partial charge in [-0.2, -0.15) is 5.10 Å². The Morgan fingerprint density at radius 2 is 2.12 bits per heavy atom. The topological polar surface area (TPSA) is 105 Å². The SMILES string of the molecule is Cn1cc(NC(=O)CCC2NC(=O)c3ccccc3NC2=O)cn1. The summed E-state index contributed by atoms with van der Waals surface area (Å²) < 4.78 is 1.58. The number of hydrogen-bond donors (Lipinski definition) is 3. The number of amides is 3. The van der Waals surface area contributed by atoms with E-state index in [0.29, 0.717) is 16.9 Å². The van der Waals surface area contributed by atoms with Crippen molar-refractivity contribution in [2.24, 2.45) is 7.05 Å². The molecule has 8 heteroatoms. The van der Waals surface area contributed by atoms with Crippen molar-refractivity contribution in [1.29, 1.82) is 0 Å². The lowest BCUT2D eigenvalue weighted by atomic mass is 10.1. The molecule has 0 fully saturated rings. The van der Waals surface area contributed by atoms with Crippen molar-refractivity contribution in [2.75, 3.05) is 10.6 Å². The summed E-state index contributed by atoms with van der Waals surface area (Å²) in [5.74, 6) is -0.907. The van der Waals surface area contributed by atoms with Crippen molar-refractivity contribution in [3.63, 3.8) is 0 Å². The van der Waals surface area contributed by atoms with Gasteiger partial charge >= 0.3 is 0 Å². The number of carbonyl (C=O) groups excluding carboxylic acids is 3. The number of carbonyl (C=O) groups is 3. The summed E-state index contributed by atoms with van der Waals surface area (Å²) in [7, 11) is 1.75. The van der Waals surface area contributed by atoms with E-state index in [0.717, 1.165) is 0 Å². The zero-order valence-electron chi connectivity index (χ0n) is 13.1. The van der Waals surface area contributed by atoms with Crippen LogP contribution in [-0.2, 0) is 16.6 Å². The highest BCUT2D eigenvalue weighted by Crippen LogP contribution is 2.19. The van der Waals surface area contributed by atoms with E-state index in [2.05, 4.69) is 21.0 Å². The number of rotatable bonds is 4. The van der Waals surface area contributed by atoms with Crippen LogP contribution in [0.4, 0.5) is 11.4 Å². The Morgan fingerprint density at radius 1 is 1.33 bits per heavy atom. The number of aryl methyl sites for hydroxylation is 1. The van der Waals surface area contributed by atoms with Crippen LogP contribution in [0.15, 0.2) is 36.7 Å². The van der Waals surface area contributed by atoms with Crippen LogP contribution in [0.1, 0.15) is 23.2 Å². The van der Waals surface area contributed by atoms with Crippen LogP contribution in [0, 0.1) is 0 Å². The average molecular weight is 327 g/mol. The molecule has 0 radical (unpaired) electrons. The van der Waals surface area contributed by atoms with Gasteiger partial charge in [-0.25, -0.2) is 0 Å². The normalized spacial score (nSPS) is 16.6. The standard InChI is InChI=1S/C16H17N5O3/c1-21-9-10(8-17-21)18-14(22)7-6-13-16(24)19-12-5-3-2-4-11(12)15(23)20-13/h2-5,8-9,13H,6-7H2,1H3,(H,18,22)(H,19,24)(H,20,23). The second-order valence-electron chi connectivity index (χ2n) is 5.55. The molecule has 0 spiro atoms. The second-order valence-corrected chi connectivity index (χ2v) is 5.55. The first-order valence-corrected chi connectivity index (χ1v) is 7.52. The number of fused-ring (bicyclic) bond motifs is 1. The number of benzene rings is 1. The molecule has 1 aliphatic rings. The molecular weight excluding hydrogens is 310 g/mol. The first-order chi connectivity index (χ1) is 11.5. The molecule has 1 unspecified atom stereocenters. The van der Waals surface area contributed by atoms with Crippen molar-refractivity contribution in [2.45, 2.75) is 18.9 Å². The Balaban J connectivity index is 1.60. The van der Waals surface area contributed by atoms with Crippen molar-refractivity contribution < 1.29 is 14.4 Å². The summed E-state index contributed by atoms with van der Waals surface area (Å²) in [6.45, 7) is 0. The van der Waals surface area contributed by atoms with E-state index in [1.807, 2.05) is 0 Å². The highest BCUT2D eigenvalue weighted by atomic mass is 16.2. The van der Waals surface area contributed by atoms with Crippen LogP contribution in [0.3, 0.4) is 0 Å². The fraction of sp³-hybridized carbons (Fsp3) is 0.250. The average Bonchev–Trinajstić information content (AvgIpc) is 2.91. The van der Waals surface area contributed by atoms with Crippen molar-refractivity contribution in [3.8, 4) is 0 Å². The van der Waals surface area contributed by atoms with Gasteiger partial charge in [0.1, 0.15) is 6.04 Å². The van der Waals surface area contributed by atoms with Crippen molar-refractivity contribution in [3.05, 3.63) is 42.2 Å². The predicted molar refractivity (Wildman–Crippen MR) is 87.4 cm³/mol. The Bertz CT molecular complexity index is 799. The van der Waals surface area contributed by atoms with Crippen LogP contribution in [0.5, 0.6) is 0 Å². The summed E-state index contributed by atoms with van der Waals surface area (Å²) in [4.78, 5) is 36.4. The Hall–Kier alpha value is -3.16. The van der Waals surface area contributed by atoms with Gasteiger partial charge < -0.3 is 16.0 Å². The fourth-order valence-corrected chi connectivity index (χ4v) is 2.50. The minimum Gasteiger partial charge on any atom is -0.340 e. The molecule has 2 heterocycles. The van der Waals surface area contributed by atoms with E-state index < -0.39 is 6.04 Å². The molecule has 0 aliphatic carbocycles. The monoisotopic (exact) mass is 327 g/mol. The van der Waals surface area contributed by atoms with Crippen LogP contribution < -0.4 is 16.0 Å².